The fourth-order valence-corrected chi connectivity index (χ4v) is 0.949. The first-order valence-electron chi connectivity index (χ1n) is 3.36. The summed E-state index contributed by atoms with van der Waals surface area (Å²) >= 11 is 0. The second kappa shape index (κ2) is 5.92. The number of ether oxygens (including phenoxy) is 1. The van der Waals surface area contributed by atoms with Gasteiger partial charge in [0.05, 0.1) is 12.7 Å². The van der Waals surface area contributed by atoms with Crippen molar-refractivity contribution in [2.45, 2.75) is 12.5 Å². The maximum absolute atomic E-state index is 8.51. The Morgan fingerprint density at radius 2 is 2.40 bits per heavy atom. The van der Waals surface area contributed by atoms with Gasteiger partial charge in [0.2, 0.25) is 0 Å². The molecule has 1 aliphatic rings. The molecule has 0 aromatic heterocycles. The second-order valence-corrected chi connectivity index (χ2v) is 2.21. The van der Waals surface area contributed by atoms with Crippen LogP contribution in [0.3, 0.4) is 0 Å². The fourth-order valence-electron chi connectivity index (χ4n) is 0.949. The molecule has 0 bridgehead atoms. The number of aliphatic hydroxyl groups excluding tert-OH is 1. The van der Waals surface area contributed by atoms with Crippen molar-refractivity contribution in [3.8, 4) is 0 Å². The van der Waals surface area contributed by atoms with Gasteiger partial charge < -0.3 is 15.2 Å². The van der Waals surface area contributed by atoms with E-state index in [2.05, 4.69) is 5.32 Å². The zero-order chi connectivity index (χ0) is 6.53. The van der Waals surface area contributed by atoms with Crippen LogP contribution in [0, 0.1) is 0 Å². The van der Waals surface area contributed by atoms with Gasteiger partial charge in [-0.25, -0.2) is 0 Å². The maximum atomic E-state index is 8.51. The van der Waals surface area contributed by atoms with Gasteiger partial charge in [0.15, 0.2) is 0 Å². The van der Waals surface area contributed by atoms with Crippen LogP contribution in [-0.4, -0.2) is 37.5 Å². The molecule has 3 nitrogen and oxygen atoms in total. The first kappa shape index (κ1) is 10.2. The molecular formula is C6H14ClNO2. The van der Waals surface area contributed by atoms with Crippen LogP contribution in [-0.2, 0) is 4.74 Å². The minimum Gasteiger partial charge on any atom is -0.396 e. The van der Waals surface area contributed by atoms with E-state index in [1.165, 1.54) is 0 Å². The lowest BCUT2D eigenvalue weighted by Gasteiger charge is -2.22. The van der Waals surface area contributed by atoms with Crippen LogP contribution in [0.1, 0.15) is 6.42 Å². The Morgan fingerprint density at radius 3 is 2.90 bits per heavy atom. The van der Waals surface area contributed by atoms with Crippen LogP contribution in [0.15, 0.2) is 0 Å². The molecule has 1 fully saturated rings. The molecule has 2 N–H and O–H groups in total. The van der Waals surface area contributed by atoms with Crippen molar-refractivity contribution in [2.24, 2.45) is 0 Å². The predicted octanol–water partition coefficient (Wildman–Crippen LogP) is -0.221. The third-order valence-corrected chi connectivity index (χ3v) is 1.46. The summed E-state index contributed by atoms with van der Waals surface area (Å²) in [6, 6.07) is 0. The third kappa shape index (κ3) is 3.37. The number of hydrogen-bond donors (Lipinski definition) is 2. The normalized spacial score (nSPS) is 25.5. The predicted molar refractivity (Wildman–Crippen MR) is 41.6 cm³/mol. The standard InChI is InChI=1S/C6H13NO2.ClH/c8-3-1-6-5-7-2-4-9-6;/h6-8H,1-5H2;1H/t6-;/m0./s1. The average Bonchev–Trinajstić information content (AvgIpc) is 1.91. The first-order valence-corrected chi connectivity index (χ1v) is 3.36. The monoisotopic (exact) mass is 167 g/mol. The first-order chi connectivity index (χ1) is 4.43. The van der Waals surface area contributed by atoms with E-state index in [-0.39, 0.29) is 25.1 Å². The van der Waals surface area contributed by atoms with Crippen molar-refractivity contribution in [3.05, 3.63) is 0 Å². The van der Waals surface area contributed by atoms with Crippen molar-refractivity contribution >= 4 is 12.4 Å². The maximum Gasteiger partial charge on any atom is 0.0721 e. The number of hydrogen-bond acceptors (Lipinski definition) is 3. The Balaban J connectivity index is 0.000000810. The number of rotatable bonds is 2. The summed E-state index contributed by atoms with van der Waals surface area (Å²) in [7, 11) is 0. The Hall–Kier alpha value is 0.170. The van der Waals surface area contributed by atoms with E-state index in [9.17, 15) is 0 Å². The van der Waals surface area contributed by atoms with Gasteiger partial charge >= 0.3 is 0 Å². The Kier molecular flexibility index (Phi) is 6.02. The molecule has 1 saturated heterocycles. The molecule has 0 saturated carbocycles. The summed E-state index contributed by atoms with van der Waals surface area (Å²) in [6.45, 7) is 2.85. The highest BCUT2D eigenvalue weighted by molar-refractivity contribution is 5.85. The molecular weight excluding hydrogens is 154 g/mol. The van der Waals surface area contributed by atoms with E-state index in [0.29, 0.717) is 0 Å². The van der Waals surface area contributed by atoms with Crippen LogP contribution in [0.2, 0.25) is 0 Å². The van der Waals surface area contributed by atoms with Crippen LogP contribution in [0.5, 0.6) is 0 Å². The number of halogens is 1. The summed E-state index contributed by atoms with van der Waals surface area (Å²) in [4.78, 5) is 0. The Labute approximate surface area is 67.2 Å². The molecule has 10 heavy (non-hydrogen) atoms. The molecule has 0 aliphatic carbocycles. The highest BCUT2D eigenvalue weighted by Gasteiger charge is 2.11. The highest BCUT2D eigenvalue weighted by Crippen LogP contribution is 1.98. The summed E-state index contributed by atoms with van der Waals surface area (Å²) in [5.74, 6) is 0. The lowest BCUT2D eigenvalue weighted by molar-refractivity contribution is 0.0139. The highest BCUT2D eigenvalue weighted by atomic mass is 35.5. The van der Waals surface area contributed by atoms with Crippen molar-refractivity contribution < 1.29 is 9.84 Å². The molecule has 0 amide bonds. The summed E-state index contributed by atoms with van der Waals surface area (Å²) in [5.41, 5.74) is 0. The summed E-state index contributed by atoms with van der Waals surface area (Å²) < 4.78 is 5.30. The topological polar surface area (TPSA) is 41.5 Å². The largest absolute Gasteiger partial charge is 0.396 e. The molecule has 4 heteroatoms. The molecule has 1 atom stereocenters. The van der Waals surface area contributed by atoms with E-state index in [1.54, 1.807) is 0 Å². The van der Waals surface area contributed by atoms with Crippen molar-refractivity contribution in [3.63, 3.8) is 0 Å². The van der Waals surface area contributed by atoms with Crippen LogP contribution in [0.25, 0.3) is 0 Å². The molecule has 1 heterocycles. The van der Waals surface area contributed by atoms with E-state index in [1.807, 2.05) is 0 Å². The minimum absolute atomic E-state index is 0. The number of nitrogens with one attached hydrogen (secondary N) is 1. The molecule has 0 aromatic carbocycles. The zero-order valence-electron chi connectivity index (χ0n) is 5.88. The van der Waals surface area contributed by atoms with Crippen molar-refractivity contribution in [1.82, 2.24) is 5.32 Å². The van der Waals surface area contributed by atoms with E-state index in [4.69, 9.17) is 9.84 Å². The van der Waals surface area contributed by atoms with Crippen molar-refractivity contribution in [1.29, 1.82) is 0 Å². The smallest absolute Gasteiger partial charge is 0.0721 e. The van der Waals surface area contributed by atoms with Gasteiger partial charge in [-0.15, -0.1) is 12.4 Å². The zero-order valence-corrected chi connectivity index (χ0v) is 6.69. The minimum atomic E-state index is 0. The summed E-state index contributed by atoms with van der Waals surface area (Å²) in [6.07, 6.45) is 0.997. The van der Waals surface area contributed by atoms with Gasteiger partial charge in [0.1, 0.15) is 0 Å². The van der Waals surface area contributed by atoms with E-state index < -0.39 is 0 Å². The molecule has 0 spiro atoms. The third-order valence-electron chi connectivity index (χ3n) is 1.46. The van der Waals surface area contributed by atoms with E-state index >= 15 is 0 Å². The average molecular weight is 168 g/mol. The van der Waals surface area contributed by atoms with Crippen LogP contribution >= 0.6 is 12.4 Å². The van der Waals surface area contributed by atoms with Crippen LogP contribution < -0.4 is 5.32 Å². The summed E-state index contributed by atoms with van der Waals surface area (Å²) in [5, 5.41) is 11.7. The number of aliphatic hydroxyl groups is 1. The van der Waals surface area contributed by atoms with Gasteiger partial charge in [-0.3, -0.25) is 0 Å². The van der Waals surface area contributed by atoms with Gasteiger partial charge in [0, 0.05) is 19.7 Å². The van der Waals surface area contributed by atoms with Gasteiger partial charge in [0.25, 0.3) is 0 Å². The van der Waals surface area contributed by atoms with Crippen LogP contribution in [0.4, 0.5) is 0 Å². The van der Waals surface area contributed by atoms with Gasteiger partial charge in [-0.2, -0.15) is 0 Å². The molecule has 0 aromatic rings. The SMILES string of the molecule is Cl.OCC[C@H]1CNCCO1. The van der Waals surface area contributed by atoms with Crippen molar-refractivity contribution in [2.75, 3.05) is 26.3 Å². The molecule has 0 unspecified atom stereocenters. The van der Waals surface area contributed by atoms with E-state index in [0.717, 1.165) is 26.1 Å². The molecule has 0 radical (unpaired) electrons. The number of morpholine rings is 1. The molecule has 62 valence electrons. The van der Waals surface area contributed by atoms with Gasteiger partial charge in [-0.1, -0.05) is 0 Å². The lowest BCUT2D eigenvalue weighted by atomic mass is 10.2. The Morgan fingerprint density at radius 1 is 1.60 bits per heavy atom. The fraction of sp³-hybridized carbons (Fsp3) is 1.00. The molecule has 1 rings (SSSR count). The Bertz CT molecular complexity index is 73.4. The lowest BCUT2D eigenvalue weighted by Crippen LogP contribution is -2.38. The molecule has 1 aliphatic heterocycles. The quantitative estimate of drug-likeness (QED) is 0.598. The second-order valence-electron chi connectivity index (χ2n) is 2.21. The van der Waals surface area contributed by atoms with Gasteiger partial charge in [-0.05, 0) is 6.42 Å².